The number of carboxylic acid groups (broad SMARTS) is 2. The molecule has 47 heavy (non-hydrogen) atoms. The van der Waals surface area contributed by atoms with Gasteiger partial charge in [-0.15, -0.1) is 0 Å². The Hall–Kier alpha value is -6.08. The first-order valence-electron chi connectivity index (χ1n) is 14.5. The highest BCUT2D eigenvalue weighted by Gasteiger charge is 2.29. The summed E-state index contributed by atoms with van der Waals surface area (Å²) in [6.07, 6.45) is -0.700. The maximum absolute atomic E-state index is 13.2. The van der Waals surface area contributed by atoms with E-state index in [9.17, 15) is 34.2 Å². The standard InChI is InChI=1S/C34H34N6O7/c35-26(15-19-11-13-21(14-12-19)30(36)37)32(44)38-24-9-4-8-23(16-24)31(43)39-27(18-29(41)42)33(45)40-28(34(46)47)17-22-7-3-6-20-5-1-2-10-25(20)22/h1-14,16,26-28H,15,17-18,35H2,(H3,36,37)(H,38,44)(H,39,43)(H,40,45)(H,41,42)(H,46,47)/t26-,27-,28-/m0/s1. The number of carboxylic acids is 2. The molecule has 3 amide bonds. The van der Waals surface area contributed by atoms with Crippen LogP contribution >= 0.6 is 0 Å². The third kappa shape index (κ3) is 9.22. The van der Waals surface area contributed by atoms with Crippen molar-refractivity contribution in [2.75, 3.05) is 5.32 Å². The molecule has 242 valence electrons. The van der Waals surface area contributed by atoms with Crippen LogP contribution in [0, 0.1) is 5.41 Å². The van der Waals surface area contributed by atoms with Gasteiger partial charge in [-0.05, 0) is 46.5 Å². The highest BCUT2D eigenvalue weighted by Crippen LogP contribution is 2.20. The second-order valence-electron chi connectivity index (χ2n) is 10.9. The Labute approximate surface area is 269 Å². The molecule has 0 spiro atoms. The van der Waals surface area contributed by atoms with Gasteiger partial charge in [-0.25, -0.2) is 4.79 Å². The fraction of sp³-hybridized carbons (Fsp3) is 0.176. The first kappa shape index (κ1) is 33.8. The number of hydrogen-bond donors (Lipinski definition) is 8. The smallest absolute Gasteiger partial charge is 0.326 e. The van der Waals surface area contributed by atoms with Crippen LogP contribution in [0.1, 0.15) is 33.5 Å². The zero-order valence-electron chi connectivity index (χ0n) is 25.1. The van der Waals surface area contributed by atoms with Crippen LogP contribution in [0.2, 0.25) is 0 Å². The van der Waals surface area contributed by atoms with Crippen molar-refractivity contribution in [3.05, 3.63) is 113 Å². The van der Waals surface area contributed by atoms with E-state index in [1.54, 1.807) is 36.4 Å². The number of rotatable bonds is 14. The minimum absolute atomic E-state index is 0.00456. The first-order valence-corrected chi connectivity index (χ1v) is 14.5. The molecule has 0 saturated carbocycles. The molecule has 4 rings (SSSR count). The number of hydrogen-bond acceptors (Lipinski definition) is 7. The molecule has 4 aromatic carbocycles. The lowest BCUT2D eigenvalue weighted by Crippen LogP contribution is -2.53. The van der Waals surface area contributed by atoms with Crippen LogP contribution in [0.4, 0.5) is 5.69 Å². The lowest BCUT2D eigenvalue weighted by atomic mass is 9.98. The second kappa shape index (κ2) is 15.3. The minimum atomic E-state index is -1.60. The monoisotopic (exact) mass is 638 g/mol. The van der Waals surface area contributed by atoms with Crippen LogP contribution < -0.4 is 27.4 Å². The maximum atomic E-state index is 13.2. The van der Waals surface area contributed by atoms with Crippen LogP contribution in [-0.4, -0.2) is 63.8 Å². The van der Waals surface area contributed by atoms with E-state index in [1.807, 2.05) is 30.3 Å². The molecule has 3 atom stereocenters. The number of amidine groups is 1. The predicted molar refractivity (Wildman–Crippen MR) is 175 cm³/mol. The third-order valence-electron chi connectivity index (χ3n) is 7.37. The average Bonchev–Trinajstić information content (AvgIpc) is 3.04. The number of carbonyl (C=O) groups excluding carboxylic acids is 3. The third-order valence-corrected chi connectivity index (χ3v) is 7.37. The largest absolute Gasteiger partial charge is 0.481 e. The number of nitrogens with two attached hydrogens (primary N) is 2. The van der Waals surface area contributed by atoms with Gasteiger partial charge >= 0.3 is 11.9 Å². The van der Waals surface area contributed by atoms with Crippen molar-refractivity contribution in [2.45, 2.75) is 37.4 Å². The summed E-state index contributed by atoms with van der Waals surface area (Å²) in [5, 5.41) is 35.8. The fourth-order valence-electron chi connectivity index (χ4n) is 4.93. The summed E-state index contributed by atoms with van der Waals surface area (Å²) < 4.78 is 0. The number of carbonyl (C=O) groups is 5. The molecular formula is C34H34N6O7. The summed E-state index contributed by atoms with van der Waals surface area (Å²) in [4.78, 5) is 62.7. The van der Waals surface area contributed by atoms with Crippen LogP contribution in [0.25, 0.3) is 10.8 Å². The van der Waals surface area contributed by atoms with Gasteiger partial charge in [0.15, 0.2) is 0 Å². The van der Waals surface area contributed by atoms with Gasteiger partial charge in [-0.2, -0.15) is 0 Å². The van der Waals surface area contributed by atoms with Crippen molar-refractivity contribution in [3.63, 3.8) is 0 Å². The number of nitrogens with one attached hydrogen (secondary N) is 4. The van der Waals surface area contributed by atoms with Gasteiger partial charge in [-0.3, -0.25) is 24.6 Å². The van der Waals surface area contributed by atoms with Gasteiger partial charge in [0, 0.05) is 23.2 Å². The SMILES string of the molecule is N=C(N)c1ccc(C[C@H](N)C(=O)Nc2cccc(C(=O)N[C@@H](CC(=O)O)C(=O)N[C@@H](Cc3cccc4ccccc34)C(=O)O)c2)cc1. The highest BCUT2D eigenvalue weighted by molar-refractivity contribution is 6.01. The van der Waals surface area contributed by atoms with Crippen molar-refractivity contribution in [1.29, 1.82) is 5.41 Å². The van der Waals surface area contributed by atoms with Crippen LogP contribution in [0.5, 0.6) is 0 Å². The molecule has 0 fully saturated rings. The summed E-state index contributed by atoms with van der Waals surface area (Å²) in [6.45, 7) is 0. The topological polar surface area (TPSA) is 238 Å². The molecule has 0 aliphatic rings. The normalized spacial score (nSPS) is 12.7. The van der Waals surface area contributed by atoms with Crippen molar-refractivity contribution in [3.8, 4) is 0 Å². The molecular weight excluding hydrogens is 604 g/mol. The molecule has 0 bridgehead atoms. The molecule has 0 heterocycles. The van der Waals surface area contributed by atoms with Crippen molar-refractivity contribution < 1.29 is 34.2 Å². The molecule has 13 heteroatoms. The second-order valence-corrected chi connectivity index (χ2v) is 10.9. The van der Waals surface area contributed by atoms with Gasteiger partial charge in [0.25, 0.3) is 5.91 Å². The fourth-order valence-corrected chi connectivity index (χ4v) is 4.93. The lowest BCUT2D eigenvalue weighted by Gasteiger charge is -2.21. The Balaban J connectivity index is 1.42. The zero-order chi connectivity index (χ0) is 34.1. The Morgan fingerprint density at radius 3 is 2.11 bits per heavy atom. The Morgan fingerprint density at radius 1 is 0.745 bits per heavy atom. The van der Waals surface area contributed by atoms with E-state index in [0.717, 1.165) is 16.3 Å². The lowest BCUT2D eigenvalue weighted by molar-refractivity contribution is -0.142. The predicted octanol–water partition coefficient (Wildman–Crippen LogP) is 2.02. The molecule has 0 aromatic heterocycles. The van der Waals surface area contributed by atoms with E-state index in [1.165, 1.54) is 24.3 Å². The number of anilines is 1. The zero-order valence-corrected chi connectivity index (χ0v) is 25.1. The number of nitrogen functional groups attached to an aromatic ring is 1. The van der Waals surface area contributed by atoms with E-state index in [2.05, 4.69) is 16.0 Å². The van der Waals surface area contributed by atoms with Crippen molar-refractivity contribution in [2.24, 2.45) is 11.5 Å². The Bertz CT molecular complexity index is 1820. The quantitative estimate of drug-likeness (QED) is 0.0743. The summed E-state index contributed by atoms with van der Waals surface area (Å²) in [6, 6.07) is 21.2. The van der Waals surface area contributed by atoms with E-state index in [4.69, 9.17) is 16.9 Å². The molecule has 0 radical (unpaired) electrons. The van der Waals surface area contributed by atoms with Gasteiger partial charge in [-0.1, -0.05) is 72.8 Å². The van der Waals surface area contributed by atoms with Gasteiger partial charge in [0.2, 0.25) is 11.8 Å². The molecule has 0 unspecified atom stereocenters. The van der Waals surface area contributed by atoms with Crippen LogP contribution in [0.3, 0.4) is 0 Å². The molecule has 0 saturated heterocycles. The van der Waals surface area contributed by atoms with Gasteiger partial charge < -0.3 is 37.6 Å². The summed E-state index contributed by atoms with van der Waals surface area (Å²) in [7, 11) is 0. The highest BCUT2D eigenvalue weighted by atomic mass is 16.4. The molecule has 4 aromatic rings. The molecule has 0 aliphatic carbocycles. The van der Waals surface area contributed by atoms with Crippen LogP contribution in [-0.2, 0) is 32.0 Å². The summed E-state index contributed by atoms with van der Waals surface area (Å²) in [5.41, 5.74) is 13.7. The number of benzene rings is 4. The van der Waals surface area contributed by atoms with Crippen molar-refractivity contribution >= 4 is 52.0 Å². The number of amides is 3. The Morgan fingerprint density at radius 2 is 1.43 bits per heavy atom. The number of aliphatic carboxylic acids is 2. The Kier molecular flexibility index (Phi) is 11.0. The number of fused-ring (bicyclic) bond motifs is 1. The first-order chi connectivity index (χ1) is 22.4. The summed E-state index contributed by atoms with van der Waals surface area (Å²) in [5.74, 6) is -5.15. The van der Waals surface area contributed by atoms with E-state index in [0.29, 0.717) is 11.1 Å². The van der Waals surface area contributed by atoms with Crippen LogP contribution in [0.15, 0.2) is 91.0 Å². The van der Waals surface area contributed by atoms with Gasteiger partial charge in [0.05, 0.1) is 12.5 Å². The maximum Gasteiger partial charge on any atom is 0.326 e. The van der Waals surface area contributed by atoms with Gasteiger partial charge in [0.1, 0.15) is 17.9 Å². The van der Waals surface area contributed by atoms with Crippen molar-refractivity contribution in [1.82, 2.24) is 10.6 Å². The van der Waals surface area contributed by atoms with E-state index < -0.39 is 54.2 Å². The van der Waals surface area contributed by atoms with E-state index >= 15 is 0 Å². The molecule has 0 aliphatic heterocycles. The van der Waals surface area contributed by atoms with E-state index in [-0.39, 0.29) is 29.9 Å². The molecule has 10 N–H and O–H groups in total. The molecule has 13 nitrogen and oxygen atoms in total. The minimum Gasteiger partial charge on any atom is -0.481 e. The average molecular weight is 639 g/mol. The summed E-state index contributed by atoms with van der Waals surface area (Å²) >= 11 is 0.